The second-order valence-corrected chi connectivity index (χ2v) is 7.50. The van der Waals surface area contributed by atoms with E-state index in [9.17, 15) is 19.5 Å². The van der Waals surface area contributed by atoms with Gasteiger partial charge in [-0.1, -0.05) is 23.7 Å². The first kappa shape index (κ1) is 21.7. The van der Waals surface area contributed by atoms with E-state index >= 15 is 0 Å². The van der Waals surface area contributed by atoms with E-state index in [1.807, 2.05) is 17.0 Å². The number of aromatic hydroxyl groups is 1. The van der Waals surface area contributed by atoms with Gasteiger partial charge >= 0.3 is 11.9 Å². The molecule has 1 amide bonds. The van der Waals surface area contributed by atoms with E-state index in [0.29, 0.717) is 37.4 Å². The van der Waals surface area contributed by atoms with Gasteiger partial charge in [-0.05, 0) is 48.1 Å². The van der Waals surface area contributed by atoms with E-state index in [4.69, 9.17) is 17.3 Å². The number of rotatable bonds is 5. The topological polar surface area (TPSA) is 123 Å². The van der Waals surface area contributed by atoms with E-state index < -0.39 is 18.5 Å². The Morgan fingerprint density at radius 2 is 1.87 bits per heavy atom. The summed E-state index contributed by atoms with van der Waals surface area (Å²) in [6.07, 6.45) is 3.23. The van der Waals surface area contributed by atoms with E-state index in [-0.39, 0.29) is 23.3 Å². The molecule has 0 radical (unpaired) electrons. The van der Waals surface area contributed by atoms with E-state index in [2.05, 4.69) is 9.72 Å². The number of nitrogens with zero attached hydrogens (tertiary/aromatic N) is 2. The molecule has 0 spiro atoms. The number of pyridine rings is 1. The lowest BCUT2D eigenvalue weighted by Gasteiger charge is -2.32. The number of benzene rings is 1. The highest BCUT2D eigenvalue weighted by Crippen LogP contribution is 2.31. The number of ether oxygens (including phenoxy) is 1. The van der Waals surface area contributed by atoms with Gasteiger partial charge in [-0.2, -0.15) is 0 Å². The average Bonchev–Trinajstić information content (AvgIpc) is 2.75. The van der Waals surface area contributed by atoms with Crippen molar-refractivity contribution >= 4 is 29.4 Å². The highest BCUT2D eigenvalue weighted by atomic mass is 35.5. The molecule has 1 aromatic carbocycles. The number of nitrogens with two attached hydrogens (primary N) is 1. The molecule has 2 aromatic rings. The summed E-state index contributed by atoms with van der Waals surface area (Å²) in [6, 6.07) is 8.67. The third-order valence-corrected chi connectivity index (χ3v) is 5.29. The van der Waals surface area contributed by atoms with Gasteiger partial charge in [-0.3, -0.25) is 9.59 Å². The molecule has 30 heavy (non-hydrogen) atoms. The van der Waals surface area contributed by atoms with Crippen LogP contribution in [0.3, 0.4) is 0 Å². The zero-order valence-corrected chi connectivity index (χ0v) is 17.0. The molecule has 9 heteroatoms. The second kappa shape index (κ2) is 9.69. The lowest BCUT2D eigenvalue weighted by molar-refractivity contribution is -0.136. The fourth-order valence-corrected chi connectivity index (χ4v) is 3.52. The summed E-state index contributed by atoms with van der Waals surface area (Å²) < 4.78 is 4.47. The predicted molar refractivity (Wildman–Crippen MR) is 109 cm³/mol. The summed E-state index contributed by atoms with van der Waals surface area (Å²) in [5.41, 5.74) is 6.44. The highest BCUT2D eigenvalue weighted by molar-refractivity contribution is 6.30. The van der Waals surface area contributed by atoms with Gasteiger partial charge in [0.2, 0.25) is 5.91 Å². The largest absolute Gasteiger partial charge is 0.505 e. The van der Waals surface area contributed by atoms with Crippen LogP contribution in [0.25, 0.3) is 0 Å². The smallest absolute Gasteiger partial charge is 0.368 e. The van der Waals surface area contributed by atoms with Crippen molar-refractivity contribution in [2.75, 3.05) is 19.6 Å². The van der Waals surface area contributed by atoms with Crippen LogP contribution in [0.1, 0.15) is 40.4 Å². The van der Waals surface area contributed by atoms with Crippen molar-refractivity contribution in [2.45, 2.75) is 25.2 Å². The number of carbonyl (C=O) groups is 3. The summed E-state index contributed by atoms with van der Waals surface area (Å²) in [4.78, 5) is 41.3. The minimum atomic E-state index is -1.04. The molecule has 8 nitrogen and oxygen atoms in total. The molecule has 0 bridgehead atoms. The number of carbonyl (C=O) groups excluding carboxylic acids is 3. The number of hydrogen-bond donors (Lipinski definition) is 2. The number of aromatic nitrogens is 1. The Hall–Kier alpha value is -2.97. The molecule has 1 saturated heterocycles. The molecule has 0 aliphatic carbocycles. The SMILES string of the molecule is NCC(=O)OC(=O)c1ncc(C2CCN(C(=O)Cc3ccc(Cl)cc3)CC2)cc1O. The van der Waals surface area contributed by atoms with Crippen LogP contribution in [0.2, 0.25) is 5.02 Å². The van der Waals surface area contributed by atoms with Gasteiger partial charge in [0.15, 0.2) is 5.69 Å². The molecular weight excluding hydrogens is 410 g/mol. The number of amides is 1. The fraction of sp³-hybridized carbons (Fsp3) is 0.333. The normalized spacial score (nSPS) is 14.4. The van der Waals surface area contributed by atoms with Crippen molar-refractivity contribution in [1.29, 1.82) is 0 Å². The third-order valence-electron chi connectivity index (χ3n) is 5.04. The Morgan fingerprint density at radius 1 is 1.20 bits per heavy atom. The van der Waals surface area contributed by atoms with Gasteiger partial charge in [-0.25, -0.2) is 9.78 Å². The monoisotopic (exact) mass is 431 g/mol. The first-order valence-electron chi connectivity index (χ1n) is 9.53. The second-order valence-electron chi connectivity index (χ2n) is 7.06. The maximum atomic E-state index is 12.5. The van der Waals surface area contributed by atoms with Crippen molar-refractivity contribution < 1.29 is 24.2 Å². The minimum absolute atomic E-state index is 0.0550. The summed E-state index contributed by atoms with van der Waals surface area (Å²) in [7, 11) is 0. The number of hydrogen-bond acceptors (Lipinski definition) is 7. The van der Waals surface area contributed by atoms with Crippen LogP contribution in [0.5, 0.6) is 5.75 Å². The standard InChI is InChI=1S/C21H22ClN3O5/c22-16-3-1-13(2-4-16)9-18(27)25-7-5-14(6-8-25)15-10-17(26)20(24-12-15)21(29)30-19(28)11-23/h1-4,10,12,14,26H,5-9,11,23H2. The van der Waals surface area contributed by atoms with Crippen molar-refractivity contribution in [3.63, 3.8) is 0 Å². The van der Waals surface area contributed by atoms with E-state index in [1.165, 1.54) is 12.3 Å². The van der Waals surface area contributed by atoms with Crippen LogP contribution < -0.4 is 5.73 Å². The van der Waals surface area contributed by atoms with E-state index in [1.54, 1.807) is 12.1 Å². The molecule has 1 fully saturated rings. The zero-order chi connectivity index (χ0) is 21.7. The molecule has 0 unspecified atom stereocenters. The highest BCUT2D eigenvalue weighted by Gasteiger charge is 2.26. The quantitative estimate of drug-likeness (QED) is 0.548. The zero-order valence-electron chi connectivity index (χ0n) is 16.2. The lowest BCUT2D eigenvalue weighted by Crippen LogP contribution is -2.38. The molecule has 0 saturated carbocycles. The Balaban J connectivity index is 1.57. The molecule has 1 aliphatic heterocycles. The number of halogens is 1. The third kappa shape index (κ3) is 5.34. The van der Waals surface area contributed by atoms with Crippen LogP contribution in [0, 0.1) is 0 Å². The minimum Gasteiger partial charge on any atom is -0.505 e. The Bertz CT molecular complexity index is 940. The fourth-order valence-electron chi connectivity index (χ4n) is 3.39. The summed E-state index contributed by atoms with van der Waals surface area (Å²) in [5, 5.41) is 10.8. The number of esters is 2. The van der Waals surface area contributed by atoms with Gasteiger partial charge in [0.05, 0.1) is 13.0 Å². The van der Waals surface area contributed by atoms with Crippen molar-refractivity contribution in [3.05, 3.63) is 58.4 Å². The van der Waals surface area contributed by atoms with Crippen molar-refractivity contribution in [3.8, 4) is 5.75 Å². The summed E-state index contributed by atoms with van der Waals surface area (Å²) in [6.45, 7) is 0.735. The first-order valence-corrected chi connectivity index (χ1v) is 9.91. The first-order chi connectivity index (χ1) is 14.4. The van der Waals surface area contributed by atoms with Crippen LogP contribution >= 0.6 is 11.6 Å². The average molecular weight is 432 g/mol. The van der Waals surface area contributed by atoms with Crippen LogP contribution in [0.4, 0.5) is 0 Å². The van der Waals surface area contributed by atoms with Crippen molar-refractivity contribution in [1.82, 2.24) is 9.88 Å². The molecule has 3 N–H and O–H groups in total. The molecule has 1 aromatic heterocycles. The van der Waals surface area contributed by atoms with Gasteiger partial charge in [0.1, 0.15) is 5.75 Å². The number of piperidine rings is 1. The summed E-state index contributed by atoms with van der Waals surface area (Å²) in [5.74, 6) is -2.15. The summed E-state index contributed by atoms with van der Waals surface area (Å²) >= 11 is 5.87. The van der Waals surface area contributed by atoms with Gasteiger partial charge in [0, 0.05) is 24.3 Å². The molecule has 0 atom stereocenters. The predicted octanol–water partition coefficient (Wildman–Crippen LogP) is 2.03. The Morgan fingerprint density at radius 3 is 2.47 bits per heavy atom. The lowest BCUT2D eigenvalue weighted by atomic mass is 9.90. The van der Waals surface area contributed by atoms with Crippen molar-refractivity contribution in [2.24, 2.45) is 5.73 Å². The molecule has 2 heterocycles. The Kier molecular flexibility index (Phi) is 7.02. The molecule has 1 aliphatic rings. The van der Waals surface area contributed by atoms with Crippen LogP contribution in [0.15, 0.2) is 36.5 Å². The maximum Gasteiger partial charge on any atom is 0.368 e. The van der Waals surface area contributed by atoms with Crippen LogP contribution in [-0.2, 0) is 20.7 Å². The number of likely N-dealkylation sites (tertiary alicyclic amines) is 1. The Labute approximate surface area is 178 Å². The van der Waals surface area contributed by atoms with Gasteiger partial charge < -0.3 is 20.5 Å². The maximum absolute atomic E-state index is 12.5. The van der Waals surface area contributed by atoms with Crippen LogP contribution in [-0.4, -0.2) is 52.5 Å². The molecular formula is C21H22ClN3O5. The molecule has 158 valence electrons. The van der Waals surface area contributed by atoms with Gasteiger partial charge in [-0.15, -0.1) is 0 Å². The van der Waals surface area contributed by atoms with E-state index in [0.717, 1.165) is 11.1 Å². The molecule has 3 rings (SSSR count). The van der Waals surface area contributed by atoms with Gasteiger partial charge in [0.25, 0.3) is 0 Å².